The van der Waals surface area contributed by atoms with Gasteiger partial charge in [-0.1, -0.05) is 39.0 Å². The van der Waals surface area contributed by atoms with Crippen LogP contribution in [0, 0.1) is 11.3 Å². The van der Waals surface area contributed by atoms with E-state index in [4.69, 9.17) is 0 Å². The summed E-state index contributed by atoms with van der Waals surface area (Å²) in [5.74, 6) is 1.64. The predicted octanol–water partition coefficient (Wildman–Crippen LogP) is 7.33. The molecule has 0 saturated heterocycles. The summed E-state index contributed by atoms with van der Waals surface area (Å²) in [7, 11) is 0. The highest BCUT2D eigenvalue weighted by Gasteiger charge is 2.31. The smallest absolute Gasteiger partial charge is 0.142 e. The first-order valence-corrected chi connectivity index (χ1v) is 11.7. The number of para-hydroxylation sites is 1. The van der Waals surface area contributed by atoms with Crippen molar-refractivity contribution in [3.63, 3.8) is 0 Å². The monoisotopic (exact) mass is 428 g/mol. The molecule has 1 aliphatic rings. The summed E-state index contributed by atoms with van der Waals surface area (Å²) in [5.41, 5.74) is 4.97. The van der Waals surface area contributed by atoms with E-state index in [2.05, 4.69) is 77.8 Å². The number of fused-ring (bicyclic) bond motifs is 3. The van der Waals surface area contributed by atoms with Crippen molar-refractivity contribution < 1.29 is 0 Å². The van der Waals surface area contributed by atoms with Crippen molar-refractivity contribution in [2.24, 2.45) is 11.3 Å². The van der Waals surface area contributed by atoms with Gasteiger partial charge in [-0.2, -0.15) is 0 Å². The predicted molar refractivity (Wildman–Crippen MR) is 132 cm³/mol. The van der Waals surface area contributed by atoms with Crippen LogP contribution in [0.15, 0.2) is 60.9 Å². The Morgan fingerprint density at radius 3 is 2.26 bits per heavy atom. The molecule has 1 atom stereocenters. The third kappa shape index (κ3) is 4.15. The molecule has 31 heavy (non-hydrogen) atoms. The number of aromatic nitrogens is 2. The van der Waals surface area contributed by atoms with Gasteiger partial charge in [0, 0.05) is 21.9 Å². The van der Waals surface area contributed by atoms with E-state index in [1.807, 2.05) is 29.5 Å². The second-order valence-corrected chi connectivity index (χ2v) is 10.5. The van der Waals surface area contributed by atoms with E-state index in [9.17, 15) is 0 Å². The Bertz CT molecular complexity index is 1190. The van der Waals surface area contributed by atoms with Crippen molar-refractivity contribution >= 4 is 44.4 Å². The molecule has 0 spiro atoms. The van der Waals surface area contributed by atoms with Crippen LogP contribution in [0.5, 0.6) is 0 Å². The standard InChI is InChI=1S/C26H28N4S/c1-26(2,3)17-9-14-21-22(15-17)31-25-23(21)24(27-16-28-25)30-20-12-10-19(11-13-20)29-18-7-5-4-6-8-18/h4-8,10-13,16-17,29H,9,14-15H2,1-3H3,(H,27,28,30). The van der Waals surface area contributed by atoms with Gasteiger partial charge in [0.15, 0.2) is 0 Å². The van der Waals surface area contributed by atoms with Crippen LogP contribution in [0.1, 0.15) is 37.6 Å². The zero-order valence-corrected chi connectivity index (χ0v) is 19.1. The van der Waals surface area contributed by atoms with Crippen LogP contribution >= 0.6 is 11.3 Å². The molecule has 0 amide bonds. The number of nitrogens with one attached hydrogen (secondary N) is 2. The van der Waals surface area contributed by atoms with Crippen LogP contribution in [0.4, 0.5) is 22.9 Å². The maximum atomic E-state index is 4.61. The third-order valence-electron chi connectivity index (χ3n) is 6.28. The minimum absolute atomic E-state index is 0.343. The van der Waals surface area contributed by atoms with E-state index in [-0.39, 0.29) is 0 Å². The van der Waals surface area contributed by atoms with Crippen molar-refractivity contribution in [2.45, 2.75) is 40.0 Å². The highest BCUT2D eigenvalue weighted by atomic mass is 32.1. The van der Waals surface area contributed by atoms with Crippen LogP contribution in [0.25, 0.3) is 10.2 Å². The Labute approximate surface area is 187 Å². The van der Waals surface area contributed by atoms with E-state index in [1.165, 1.54) is 22.2 Å². The van der Waals surface area contributed by atoms with Gasteiger partial charge in [0.2, 0.25) is 0 Å². The molecule has 1 aliphatic carbocycles. The highest BCUT2D eigenvalue weighted by Crippen LogP contribution is 2.44. The lowest BCUT2D eigenvalue weighted by molar-refractivity contribution is 0.218. The van der Waals surface area contributed by atoms with Crippen molar-refractivity contribution in [3.05, 3.63) is 71.4 Å². The Morgan fingerprint density at radius 2 is 1.55 bits per heavy atom. The first kappa shape index (κ1) is 20.0. The summed E-state index contributed by atoms with van der Waals surface area (Å²) in [6.45, 7) is 7.08. The molecule has 0 saturated carbocycles. The largest absolute Gasteiger partial charge is 0.356 e. The Balaban J connectivity index is 1.39. The molecule has 2 N–H and O–H groups in total. The number of hydrogen-bond donors (Lipinski definition) is 2. The molecule has 4 nitrogen and oxygen atoms in total. The van der Waals surface area contributed by atoms with Gasteiger partial charge in [0.1, 0.15) is 17.0 Å². The molecular weight excluding hydrogens is 400 g/mol. The van der Waals surface area contributed by atoms with Gasteiger partial charge in [-0.3, -0.25) is 0 Å². The normalized spacial score (nSPS) is 16.2. The molecule has 2 aromatic heterocycles. The average Bonchev–Trinajstić information content (AvgIpc) is 3.14. The van der Waals surface area contributed by atoms with Crippen molar-refractivity contribution in [1.82, 2.24) is 9.97 Å². The van der Waals surface area contributed by atoms with E-state index < -0.39 is 0 Å². The molecule has 1 unspecified atom stereocenters. The SMILES string of the molecule is CC(C)(C)C1CCc2c(sc3ncnc(Nc4ccc(Nc5ccccc5)cc4)c23)C1. The van der Waals surface area contributed by atoms with Crippen LogP contribution < -0.4 is 10.6 Å². The number of nitrogens with zero attached hydrogens (tertiary/aromatic N) is 2. The fraction of sp³-hybridized carbons (Fsp3) is 0.308. The van der Waals surface area contributed by atoms with Gasteiger partial charge in [0.05, 0.1) is 5.39 Å². The average molecular weight is 429 g/mol. The van der Waals surface area contributed by atoms with Gasteiger partial charge >= 0.3 is 0 Å². The van der Waals surface area contributed by atoms with E-state index in [0.717, 1.165) is 46.5 Å². The van der Waals surface area contributed by atoms with Crippen LogP contribution in [-0.2, 0) is 12.8 Å². The van der Waals surface area contributed by atoms with Crippen LogP contribution in [-0.4, -0.2) is 9.97 Å². The van der Waals surface area contributed by atoms with Crippen molar-refractivity contribution in [3.8, 4) is 0 Å². The molecule has 0 bridgehead atoms. The topological polar surface area (TPSA) is 49.8 Å². The quantitative estimate of drug-likeness (QED) is 0.357. The molecule has 0 aliphatic heterocycles. The van der Waals surface area contributed by atoms with Crippen molar-refractivity contribution in [1.29, 1.82) is 0 Å². The summed E-state index contributed by atoms with van der Waals surface area (Å²) in [6, 6.07) is 18.6. The lowest BCUT2D eigenvalue weighted by Gasteiger charge is -2.33. The fourth-order valence-corrected chi connectivity index (χ4v) is 5.67. The number of hydrogen-bond acceptors (Lipinski definition) is 5. The fourth-order valence-electron chi connectivity index (χ4n) is 4.41. The minimum atomic E-state index is 0.343. The molecular formula is C26H28N4S. The molecule has 0 radical (unpaired) electrons. The molecule has 2 heterocycles. The lowest BCUT2D eigenvalue weighted by atomic mass is 9.72. The van der Waals surface area contributed by atoms with Crippen molar-refractivity contribution in [2.75, 3.05) is 10.6 Å². The van der Waals surface area contributed by atoms with E-state index in [0.29, 0.717) is 5.41 Å². The van der Waals surface area contributed by atoms with Gasteiger partial charge in [-0.15, -0.1) is 11.3 Å². The molecule has 5 heteroatoms. The number of anilines is 4. The molecule has 0 fully saturated rings. The maximum absolute atomic E-state index is 4.61. The van der Waals surface area contributed by atoms with Gasteiger partial charge < -0.3 is 10.6 Å². The summed E-state index contributed by atoms with van der Waals surface area (Å²) in [5, 5.41) is 8.18. The number of aryl methyl sites for hydroxylation is 1. The molecule has 5 rings (SSSR count). The van der Waals surface area contributed by atoms with Gasteiger partial charge in [-0.25, -0.2) is 9.97 Å². The molecule has 4 aromatic rings. The van der Waals surface area contributed by atoms with Crippen LogP contribution in [0.3, 0.4) is 0 Å². The lowest BCUT2D eigenvalue weighted by Crippen LogP contribution is -2.26. The first-order valence-electron chi connectivity index (χ1n) is 10.9. The number of rotatable bonds is 4. The highest BCUT2D eigenvalue weighted by molar-refractivity contribution is 7.19. The summed E-state index contributed by atoms with van der Waals surface area (Å²) in [6.07, 6.45) is 5.17. The first-order chi connectivity index (χ1) is 15.0. The zero-order valence-electron chi connectivity index (χ0n) is 18.3. The van der Waals surface area contributed by atoms with E-state index in [1.54, 1.807) is 6.33 Å². The molecule has 158 valence electrons. The third-order valence-corrected chi connectivity index (χ3v) is 7.44. The van der Waals surface area contributed by atoms with Crippen LogP contribution in [0.2, 0.25) is 0 Å². The maximum Gasteiger partial charge on any atom is 0.142 e. The second kappa shape index (κ2) is 7.97. The second-order valence-electron chi connectivity index (χ2n) is 9.41. The van der Waals surface area contributed by atoms with Gasteiger partial charge in [0.25, 0.3) is 0 Å². The number of thiophene rings is 1. The Kier molecular flexibility index (Phi) is 5.14. The minimum Gasteiger partial charge on any atom is -0.356 e. The van der Waals surface area contributed by atoms with E-state index >= 15 is 0 Å². The summed E-state index contributed by atoms with van der Waals surface area (Å²) >= 11 is 1.85. The zero-order chi connectivity index (χ0) is 21.4. The number of benzene rings is 2. The summed E-state index contributed by atoms with van der Waals surface area (Å²) in [4.78, 5) is 11.8. The van der Waals surface area contributed by atoms with Gasteiger partial charge in [-0.05, 0) is 72.6 Å². The molecule has 2 aromatic carbocycles. The summed E-state index contributed by atoms with van der Waals surface area (Å²) < 4.78 is 0. The Hall–Kier alpha value is -2.92. The Morgan fingerprint density at radius 1 is 0.871 bits per heavy atom.